The number of amides is 1. The highest BCUT2D eigenvalue weighted by Crippen LogP contribution is 2.31. The standard InChI is InChI=1S/C89H175NO13/c1-3-5-7-9-11-13-15-17-19-21-23-25-27-29-31-33-34-35-36-37-38-39-40-41-42-43-44-45-47-49-51-53-55-57-59-61-63-65-67-69-71-73-81(94)90-77(76-100-88-86(99)84(97)87(80(75-92)102-88)103-89-85(98)83(96)82(95)79(74-91)101-89)78(93)72-70-68-66-64-62-60-58-56-54-52-50-48-46-32-30-28-26-24-22-20-18-16-14-12-10-8-6-4-2/h77-80,82-89,91-93,95-99H,3-76H2,1-2H3,(H,90,94). The molecule has 614 valence electrons. The van der Waals surface area contributed by atoms with E-state index in [1.165, 1.54) is 392 Å². The monoisotopic (exact) mass is 1470 g/mol. The minimum absolute atomic E-state index is 0.193. The van der Waals surface area contributed by atoms with Gasteiger partial charge in [-0.05, 0) is 12.8 Å². The van der Waals surface area contributed by atoms with Gasteiger partial charge in [0.2, 0.25) is 5.91 Å². The highest BCUT2D eigenvalue weighted by atomic mass is 16.7. The fourth-order valence-electron chi connectivity index (χ4n) is 15.9. The Bertz CT molecular complexity index is 1730. The van der Waals surface area contributed by atoms with Crippen molar-refractivity contribution in [2.75, 3.05) is 19.8 Å². The minimum atomic E-state index is -1.78. The Labute approximate surface area is 635 Å². The van der Waals surface area contributed by atoms with Crippen LogP contribution in [-0.2, 0) is 23.7 Å². The summed E-state index contributed by atoms with van der Waals surface area (Å²) >= 11 is 0. The van der Waals surface area contributed by atoms with Crippen molar-refractivity contribution < 1.29 is 64.6 Å². The first-order valence-electron chi connectivity index (χ1n) is 45.8. The number of hydrogen-bond acceptors (Lipinski definition) is 13. The summed E-state index contributed by atoms with van der Waals surface area (Å²) in [5.74, 6) is -0.193. The molecule has 9 N–H and O–H groups in total. The smallest absolute Gasteiger partial charge is 0.220 e. The number of unbranched alkanes of at least 4 members (excludes halogenated alkanes) is 67. The van der Waals surface area contributed by atoms with Crippen molar-refractivity contribution >= 4 is 5.91 Å². The molecule has 0 aliphatic carbocycles. The molecule has 103 heavy (non-hydrogen) atoms. The second-order valence-corrected chi connectivity index (χ2v) is 32.8. The molecule has 0 radical (unpaired) electrons. The van der Waals surface area contributed by atoms with Crippen molar-refractivity contribution in [2.45, 2.75) is 543 Å². The summed E-state index contributed by atoms with van der Waals surface area (Å²) in [6.45, 7) is 2.96. The molecule has 2 heterocycles. The van der Waals surface area contributed by atoms with Crippen molar-refractivity contribution in [2.24, 2.45) is 0 Å². The number of carbonyl (C=O) groups is 1. The Hall–Kier alpha value is -1.01. The third-order valence-electron chi connectivity index (χ3n) is 23.1. The zero-order valence-electron chi connectivity index (χ0n) is 67.9. The van der Waals surface area contributed by atoms with E-state index in [0.717, 1.165) is 51.4 Å². The van der Waals surface area contributed by atoms with Gasteiger partial charge in [-0.2, -0.15) is 0 Å². The highest BCUT2D eigenvalue weighted by Gasteiger charge is 2.51. The summed E-state index contributed by atoms with van der Waals surface area (Å²) in [7, 11) is 0. The Morgan fingerprint density at radius 1 is 0.311 bits per heavy atom. The molecule has 2 fully saturated rings. The van der Waals surface area contributed by atoms with Gasteiger partial charge in [-0.15, -0.1) is 0 Å². The van der Waals surface area contributed by atoms with Crippen LogP contribution in [0.5, 0.6) is 0 Å². The van der Waals surface area contributed by atoms with Gasteiger partial charge in [-0.3, -0.25) is 4.79 Å². The van der Waals surface area contributed by atoms with E-state index in [1.807, 2.05) is 0 Å². The molecule has 0 aromatic carbocycles. The molecule has 12 atom stereocenters. The predicted molar refractivity (Wildman–Crippen MR) is 429 cm³/mol. The van der Waals surface area contributed by atoms with Crippen molar-refractivity contribution in [3.8, 4) is 0 Å². The number of carbonyl (C=O) groups excluding carboxylic acids is 1. The van der Waals surface area contributed by atoms with Crippen LogP contribution in [0.25, 0.3) is 0 Å². The van der Waals surface area contributed by atoms with Gasteiger partial charge in [0.25, 0.3) is 0 Å². The summed E-state index contributed by atoms with van der Waals surface area (Å²) < 4.78 is 23.0. The third kappa shape index (κ3) is 56.0. The van der Waals surface area contributed by atoms with Gasteiger partial charge in [0.15, 0.2) is 12.6 Å². The lowest BCUT2D eigenvalue weighted by Gasteiger charge is -2.46. The Morgan fingerprint density at radius 3 is 0.825 bits per heavy atom. The summed E-state index contributed by atoms with van der Waals surface area (Å²) in [5.41, 5.74) is 0. The zero-order valence-corrected chi connectivity index (χ0v) is 67.9. The number of rotatable bonds is 80. The number of ether oxygens (including phenoxy) is 4. The first-order valence-corrected chi connectivity index (χ1v) is 45.8. The predicted octanol–water partition coefficient (Wildman–Crippen LogP) is 22.2. The SMILES string of the molecule is CCCCCCCCCCCCCCCCCCCCCCCCCCCCCCCCCCCCCCCCCCCC(=O)NC(COC1OC(CO)C(OC2OC(CO)C(O)C(O)C2O)C(O)C1O)C(O)CCCCCCCCCCCCCCCCCCCCCCCCCCCCCC. The summed E-state index contributed by atoms with van der Waals surface area (Å²) in [6, 6.07) is -0.826. The van der Waals surface area contributed by atoms with Crippen LogP contribution in [-0.4, -0.2) is 140 Å². The molecule has 14 nitrogen and oxygen atoms in total. The maximum absolute atomic E-state index is 13.4. The second kappa shape index (κ2) is 73.8. The van der Waals surface area contributed by atoms with Crippen LogP contribution in [0.15, 0.2) is 0 Å². The molecular weight excluding hydrogens is 1290 g/mol. The molecule has 12 unspecified atom stereocenters. The highest BCUT2D eigenvalue weighted by molar-refractivity contribution is 5.76. The molecule has 2 saturated heterocycles. The first kappa shape index (κ1) is 98.1. The molecule has 0 saturated carbocycles. The molecule has 0 bridgehead atoms. The lowest BCUT2D eigenvalue weighted by Crippen LogP contribution is -2.65. The Balaban J connectivity index is 1.52. The minimum Gasteiger partial charge on any atom is -0.394 e. The molecule has 2 rings (SSSR count). The molecule has 0 aromatic heterocycles. The maximum Gasteiger partial charge on any atom is 0.220 e. The molecule has 1 amide bonds. The van der Waals surface area contributed by atoms with Crippen molar-refractivity contribution in [1.29, 1.82) is 0 Å². The van der Waals surface area contributed by atoms with Gasteiger partial charge >= 0.3 is 0 Å². The lowest BCUT2D eigenvalue weighted by atomic mass is 9.97. The van der Waals surface area contributed by atoms with E-state index >= 15 is 0 Å². The van der Waals surface area contributed by atoms with Gasteiger partial charge in [-0.25, -0.2) is 0 Å². The van der Waals surface area contributed by atoms with Crippen molar-refractivity contribution in [3.05, 3.63) is 0 Å². The van der Waals surface area contributed by atoms with Crippen LogP contribution < -0.4 is 5.32 Å². The summed E-state index contributed by atoms with van der Waals surface area (Å²) in [6.07, 6.45) is 77.7. The van der Waals surface area contributed by atoms with Crippen LogP contribution in [0, 0.1) is 0 Å². The van der Waals surface area contributed by atoms with E-state index < -0.39 is 86.8 Å². The van der Waals surface area contributed by atoms with E-state index in [2.05, 4.69) is 19.2 Å². The molecular formula is C89H175NO13. The van der Waals surface area contributed by atoms with Gasteiger partial charge < -0.3 is 65.1 Å². The Morgan fingerprint density at radius 2 is 0.553 bits per heavy atom. The van der Waals surface area contributed by atoms with Gasteiger partial charge in [0.05, 0.1) is 32.0 Å². The van der Waals surface area contributed by atoms with E-state index in [4.69, 9.17) is 18.9 Å². The van der Waals surface area contributed by atoms with E-state index in [-0.39, 0.29) is 12.5 Å². The van der Waals surface area contributed by atoms with Gasteiger partial charge in [-0.1, -0.05) is 450 Å². The summed E-state index contributed by atoms with van der Waals surface area (Å²) in [4.78, 5) is 13.4. The number of aliphatic hydroxyl groups is 8. The number of aliphatic hydroxyl groups excluding tert-OH is 8. The molecule has 0 aromatic rings. The van der Waals surface area contributed by atoms with E-state index in [9.17, 15) is 45.6 Å². The van der Waals surface area contributed by atoms with Gasteiger partial charge in [0, 0.05) is 6.42 Å². The fourth-order valence-corrected chi connectivity index (χ4v) is 15.9. The van der Waals surface area contributed by atoms with E-state index in [1.54, 1.807) is 0 Å². The largest absolute Gasteiger partial charge is 0.394 e. The van der Waals surface area contributed by atoms with E-state index in [0.29, 0.717) is 12.8 Å². The molecule has 14 heteroatoms. The Kier molecular flexibility index (Phi) is 70.2. The molecule has 0 spiro atoms. The van der Waals surface area contributed by atoms with Crippen LogP contribution >= 0.6 is 0 Å². The first-order chi connectivity index (χ1) is 50.6. The average molecular weight is 1470 g/mol. The topological polar surface area (TPSA) is 228 Å². The summed E-state index contributed by atoms with van der Waals surface area (Å²) in [5, 5.41) is 88.0. The van der Waals surface area contributed by atoms with Crippen LogP contribution in [0.2, 0.25) is 0 Å². The van der Waals surface area contributed by atoms with Crippen LogP contribution in [0.3, 0.4) is 0 Å². The van der Waals surface area contributed by atoms with Crippen molar-refractivity contribution in [1.82, 2.24) is 5.32 Å². The molecule has 2 aliphatic rings. The van der Waals surface area contributed by atoms with Crippen molar-refractivity contribution in [3.63, 3.8) is 0 Å². The fraction of sp³-hybridized carbons (Fsp3) is 0.989. The molecule has 2 aliphatic heterocycles. The number of hydrogen-bond donors (Lipinski definition) is 9. The van der Waals surface area contributed by atoms with Crippen LogP contribution in [0.4, 0.5) is 0 Å². The van der Waals surface area contributed by atoms with Crippen LogP contribution in [0.1, 0.15) is 470 Å². The number of nitrogens with one attached hydrogen (secondary N) is 1. The quantitative estimate of drug-likeness (QED) is 0.0259. The normalized spacial score (nSPS) is 21.4. The zero-order chi connectivity index (χ0) is 74.4. The lowest BCUT2D eigenvalue weighted by molar-refractivity contribution is -0.359. The average Bonchev–Trinajstić information content (AvgIpc) is 0.791. The maximum atomic E-state index is 13.4. The third-order valence-corrected chi connectivity index (χ3v) is 23.1. The second-order valence-electron chi connectivity index (χ2n) is 32.8. The van der Waals surface area contributed by atoms with Gasteiger partial charge in [0.1, 0.15) is 48.8 Å².